The van der Waals surface area contributed by atoms with E-state index in [0.717, 1.165) is 12.2 Å². The molecule has 0 radical (unpaired) electrons. The summed E-state index contributed by atoms with van der Waals surface area (Å²) < 4.78 is 37.4. The Bertz CT molecular complexity index is 385. The minimum atomic E-state index is -4.47. The van der Waals surface area contributed by atoms with Crippen LogP contribution in [-0.2, 0) is 4.79 Å². The lowest BCUT2D eigenvalue weighted by Gasteiger charge is -2.21. The van der Waals surface area contributed by atoms with E-state index in [1.54, 1.807) is 6.92 Å². The summed E-state index contributed by atoms with van der Waals surface area (Å²) in [5, 5.41) is 2.52. The first-order valence-electron chi connectivity index (χ1n) is 4.92. The van der Waals surface area contributed by atoms with Crippen molar-refractivity contribution in [3.63, 3.8) is 0 Å². The molecule has 17 heavy (non-hydrogen) atoms. The number of halogens is 3. The van der Waals surface area contributed by atoms with Crippen molar-refractivity contribution in [1.29, 1.82) is 0 Å². The summed E-state index contributed by atoms with van der Waals surface area (Å²) in [7, 11) is 0. The molecule has 1 atom stereocenters. The Hall–Kier alpha value is -1.72. The maximum absolute atomic E-state index is 12.5. The Morgan fingerprint density at radius 3 is 2.53 bits per heavy atom. The number of carbonyl (C=O) groups excluding carboxylic acids is 1. The van der Waals surface area contributed by atoms with Gasteiger partial charge in [0.05, 0.1) is 12.2 Å². The van der Waals surface area contributed by atoms with Crippen molar-refractivity contribution in [2.75, 3.05) is 6.67 Å². The Morgan fingerprint density at radius 2 is 2.18 bits per heavy atom. The van der Waals surface area contributed by atoms with Gasteiger partial charge in [-0.2, -0.15) is 13.2 Å². The quantitative estimate of drug-likeness (QED) is 0.772. The lowest BCUT2D eigenvalue weighted by molar-refractivity contribution is -0.120. The van der Waals surface area contributed by atoms with Gasteiger partial charge in [-0.15, -0.1) is 0 Å². The molecule has 0 spiro atoms. The van der Waals surface area contributed by atoms with Crippen LogP contribution in [0, 0.1) is 0 Å². The Labute approximate surface area is 97.3 Å². The van der Waals surface area contributed by atoms with Crippen LogP contribution in [-0.4, -0.2) is 29.7 Å². The third-order valence-corrected chi connectivity index (χ3v) is 2.51. The minimum Gasteiger partial charge on any atom is -0.343 e. The zero-order valence-corrected chi connectivity index (χ0v) is 9.34. The number of allylic oxidation sites excluding steroid dienone is 3. The molecule has 1 fully saturated rings. The molecule has 0 bridgehead atoms. The fourth-order valence-corrected chi connectivity index (χ4v) is 1.46. The lowest BCUT2D eigenvalue weighted by atomic mass is 10.2. The van der Waals surface area contributed by atoms with E-state index in [1.165, 1.54) is 4.90 Å². The summed E-state index contributed by atoms with van der Waals surface area (Å²) >= 11 is 0. The second-order valence-electron chi connectivity index (χ2n) is 3.64. The molecule has 3 nitrogen and oxygen atoms in total. The van der Waals surface area contributed by atoms with Crippen LogP contribution in [0.1, 0.15) is 6.92 Å². The normalized spacial score (nSPS) is 21.4. The summed E-state index contributed by atoms with van der Waals surface area (Å²) in [5.74, 6) is -0.230. The first-order chi connectivity index (χ1) is 7.77. The number of amides is 1. The number of alkyl halides is 3. The van der Waals surface area contributed by atoms with Gasteiger partial charge in [0.2, 0.25) is 5.91 Å². The monoisotopic (exact) mass is 246 g/mol. The summed E-state index contributed by atoms with van der Waals surface area (Å²) in [6.07, 6.45) is -2.87. The molecule has 0 aliphatic carbocycles. The van der Waals surface area contributed by atoms with Crippen molar-refractivity contribution in [3.8, 4) is 0 Å². The molecule has 1 N–H and O–H groups in total. The van der Waals surface area contributed by atoms with E-state index < -0.39 is 17.8 Å². The fourth-order valence-electron chi connectivity index (χ4n) is 1.46. The first-order valence-corrected chi connectivity index (χ1v) is 4.92. The van der Waals surface area contributed by atoms with E-state index in [0.29, 0.717) is 0 Å². The number of rotatable bonds is 3. The van der Waals surface area contributed by atoms with Gasteiger partial charge in [0.15, 0.2) is 0 Å². The molecule has 1 unspecified atom stereocenters. The van der Waals surface area contributed by atoms with Gasteiger partial charge in [0, 0.05) is 5.70 Å². The van der Waals surface area contributed by atoms with E-state index in [1.807, 2.05) is 0 Å². The Kier molecular flexibility index (Phi) is 3.65. The average molecular weight is 246 g/mol. The van der Waals surface area contributed by atoms with Crippen LogP contribution < -0.4 is 5.32 Å². The van der Waals surface area contributed by atoms with Crippen molar-refractivity contribution in [1.82, 2.24) is 10.2 Å². The van der Waals surface area contributed by atoms with Crippen molar-refractivity contribution < 1.29 is 18.0 Å². The topological polar surface area (TPSA) is 32.3 Å². The zero-order chi connectivity index (χ0) is 13.2. The summed E-state index contributed by atoms with van der Waals surface area (Å²) in [6, 6.07) is -0.516. The van der Waals surface area contributed by atoms with E-state index >= 15 is 0 Å². The lowest BCUT2D eigenvalue weighted by Crippen LogP contribution is -2.29. The molecule has 0 aromatic rings. The van der Waals surface area contributed by atoms with E-state index in [2.05, 4.69) is 18.5 Å². The maximum Gasteiger partial charge on any atom is 0.416 e. The van der Waals surface area contributed by atoms with Gasteiger partial charge in [-0.25, -0.2) is 0 Å². The molecule has 0 aromatic carbocycles. The highest BCUT2D eigenvalue weighted by atomic mass is 19.4. The Balaban J connectivity index is 2.88. The molecule has 0 aromatic heterocycles. The smallest absolute Gasteiger partial charge is 0.343 e. The van der Waals surface area contributed by atoms with Crippen molar-refractivity contribution in [2.45, 2.75) is 19.1 Å². The van der Waals surface area contributed by atoms with Crippen LogP contribution in [0.15, 0.2) is 36.6 Å². The maximum atomic E-state index is 12.5. The highest BCUT2D eigenvalue weighted by molar-refractivity contribution is 5.83. The molecule has 6 heteroatoms. The van der Waals surface area contributed by atoms with Gasteiger partial charge < -0.3 is 10.2 Å². The first kappa shape index (κ1) is 13.3. The summed E-state index contributed by atoms with van der Waals surface area (Å²) in [5.41, 5.74) is -0.753. The second kappa shape index (κ2) is 4.65. The number of nitrogens with zero attached hydrogens (tertiary/aromatic N) is 1. The SMILES string of the molecule is C=C/C(=C\C(=C)N1CNC(=O)C1C)C(F)(F)F. The summed E-state index contributed by atoms with van der Waals surface area (Å²) in [4.78, 5) is 12.6. The predicted octanol–water partition coefficient (Wildman–Crippen LogP) is 1.95. The van der Waals surface area contributed by atoms with E-state index in [9.17, 15) is 18.0 Å². The zero-order valence-electron chi connectivity index (χ0n) is 9.34. The molecule has 1 amide bonds. The van der Waals surface area contributed by atoms with Crippen molar-refractivity contribution >= 4 is 5.91 Å². The van der Waals surface area contributed by atoms with Crippen molar-refractivity contribution in [3.05, 3.63) is 36.6 Å². The van der Waals surface area contributed by atoms with Gasteiger partial charge in [-0.3, -0.25) is 4.79 Å². The van der Waals surface area contributed by atoms with Crippen LogP contribution in [0.25, 0.3) is 0 Å². The third-order valence-electron chi connectivity index (χ3n) is 2.51. The molecule has 1 heterocycles. The van der Waals surface area contributed by atoms with Crippen LogP contribution in [0.4, 0.5) is 13.2 Å². The molecule has 1 saturated heterocycles. The fraction of sp³-hybridized carbons (Fsp3) is 0.364. The van der Waals surface area contributed by atoms with Gasteiger partial charge in [0.1, 0.15) is 6.04 Å². The number of hydrogen-bond acceptors (Lipinski definition) is 2. The Morgan fingerprint density at radius 1 is 1.59 bits per heavy atom. The standard InChI is InChI=1S/C11H13F3N2O/c1-4-9(11(12,13)14)5-7(2)16-6-15-10(17)8(16)3/h4-5,8H,1-2,6H2,3H3,(H,15,17)/b9-5+. The molecule has 94 valence electrons. The molecule has 0 saturated carbocycles. The van der Waals surface area contributed by atoms with Gasteiger partial charge in [0.25, 0.3) is 0 Å². The average Bonchev–Trinajstić information content (AvgIpc) is 2.54. The van der Waals surface area contributed by atoms with Crippen LogP contribution in [0.2, 0.25) is 0 Å². The highest BCUT2D eigenvalue weighted by Gasteiger charge is 2.33. The number of nitrogens with one attached hydrogen (secondary N) is 1. The highest BCUT2D eigenvalue weighted by Crippen LogP contribution is 2.28. The van der Waals surface area contributed by atoms with Gasteiger partial charge in [-0.05, 0) is 13.0 Å². The predicted molar refractivity (Wildman–Crippen MR) is 57.8 cm³/mol. The third kappa shape index (κ3) is 2.89. The molecule has 1 aliphatic heterocycles. The molecular formula is C11H13F3N2O. The van der Waals surface area contributed by atoms with Gasteiger partial charge >= 0.3 is 6.18 Å². The minimum absolute atomic E-state index is 0.128. The molecular weight excluding hydrogens is 233 g/mol. The number of carbonyl (C=O) groups is 1. The van der Waals surface area contributed by atoms with Crippen LogP contribution >= 0.6 is 0 Å². The number of hydrogen-bond donors (Lipinski definition) is 1. The molecule has 1 aliphatic rings. The largest absolute Gasteiger partial charge is 0.416 e. The molecule has 1 rings (SSSR count). The van der Waals surface area contributed by atoms with Gasteiger partial charge in [-0.1, -0.05) is 19.2 Å². The van der Waals surface area contributed by atoms with Crippen LogP contribution in [0.5, 0.6) is 0 Å². The second-order valence-corrected chi connectivity index (χ2v) is 3.64. The van der Waals surface area contributed by atoms with Crippen molar-refractivity contribution in [2.24, 2.45) is 0 Å². The van der Waals surface area contributed by atoms with E-state index in [-0.39, 0.29) is 18.3 Å². The van der Waals surface area contributed by atoms with E-state index in [4.69, 9.17) is 0 Å². The van der Waals surface area contributed by atoms with Crippen LogP contribution in [0.3, 0.4) is 0 Å². The summed E-state index contributed by atoms with van der Waals surface area (Å²) in [6.45, 7) is 8.41.